The summed E-state index contributed by atoms with van der Waals surface area (Å²) < 4.78 is 0. The van der Waals surface area contributed by atoms with Gasteiger partial charge in [0.15, 0.2) is 0 Å². The highest BCUT2D eigenvalue weighted by atomic mass is 79.9. The average molecular weight is 244 g/mol. The number of carbonyl (C=O) groups excluding carboxylic acids is 1. The summed E-state index contributed by atoms with van der Waals surface area (Å²) >= 11 is 3.67. The topological polar surface area (TPSA) is 20.3 Å². The van der Waals surface area contributed by atoms with E-state index < -0.39 is 0 Å². The summed E-state index contributed by atoms with van der Waals surface area (Å²) in [6, 6.07) is 0. The minimum absolute atomic E-state index is 0.0775. The van der Waals surface area contributed by atoms with Gasteiger partial charge in [-0.1, -0.05) is 29.4 Å². The monoisotopic (exact) mass is 243 g/mol. The zero-order valence-electron chi connectivity index (χ0n) is 7.79. The Morgan fingerprint density at radius 1 is 1.77 bits per heavy atom. The quantitative estimate of drug-likeness (QED) is 0.508. The summed E-state index contributed by atoms with van der Waals surface area (Å²) in [6.45, 7) is 7.60. The molecular weight excluding hydrogens is 230 g/mol. The van der Waals surface area contributed by atoms with Crippen molar-refractivity contribution in [3.05, 3.63) is 12.7 Å². The number of hydrogen-bond acceptors (Lipinski definition) is 1. The van der Waals surface area contributed by atoms with E-state index in [0.717, 1.165) is 19.5 Å². The highest BCUT2D eigenvalue weighted by Crippen LogP contribution is 2.61. The van der Waals surface area contributed by atoms with Crippen molar-refractivity contribution in [3.8, 4) is 0 Å². The Morgan fingerprint density at radius 3 is 3.00 bits per heavy atom. The molecule has 1 amide bonds. The number of nitrogens with zero attached hydrogens (tertiary/aromatic N) is 1. The predicted molar refractivity (Wildman–Crippen MR) is 55.7 cm³/mol. The van der Waals surface area contributed by atoms with Crippen molar-refractivity contribution in [3.63, 3.8) is 0 Å². The maximum Gasteiger partial charge on any atom is 0.245 e. The van der Waals surface area contributed by atoms with Crippen LogP contribution in [0.4, 0.5) is 0 Å². The lowest BCUT2D eigenvalue weighted by atomic mass is 9.98. The van der Waals surface area contributed by atoms with E-state index in [-0.39, 0.29) is 5.91 Å². The summed E-state index contributed by atoms with van der Waals surface area (Å²) in [5, 5.41) is 0. The Kier molecular flexibility index (Phi) is 2.02. The smallest absolute Gasteiger partial charge is 0.245 e. The van der Waals surface area contributed by atoms with Crippen LogP contribution in [0.2, 0.25) is 0 Å². The first-order valence-electron chi connectivity index (χ1n) is 4.65. The van der Waals surface area contributed by atoms with Gasteiger partial charge < -0.3 is 4.90 Å². The molecule has 1 saturated carbocycles. The summed E-state index contributed by atoms with van der Waals surface area (Å²) in [6.07, 6.45) is 2.53. The van der Waals surface area contributed by atoms with Gasteiger partial charge in [0.25, 0.3) is 0 Å². The van der Waals surface area contributed by atoms with E-state index in [0.29, 0.717) is 16.2 Å². The third-order valence-electron chi connectivity index (χ3n) is 3.54. The second-order valence-corrected chi connectivity index (χ2v) is 5.24. The molecule has 3 heteroatoms. The highest BCUT2D eigenvalue weighted by Gasteiger charge is 2.61. The van der Waals surface area contributed by atoms with Crippen LogP contribution in [0.3, 0.4) is 0 Å². The van der Waals surface area contributed by atoms with E-state index in [1.165, 1.54) is 6.08 Å². The van der Waals surface area contributed by atoms with Crippen molar-refractivity contribution in [2.45, 2.75) is 18.2 Å². The molecule has 1 saturated heterocycles. The standard InChI is InChI=1S/C10H14BrNO/c1-3-8(13)12-5-4-10(2)7(6-12)9(10)11/h3,7,9H,1,4-6H2,2H3. The number of hydrogen-bond donors (Lipinski definition) is 0. The normalized spacial score (nSPS) is 42.5. The van der Waals surface area contributed by atoms with Crippen molar-refractivity contribution < 1.29 is 4.79 Å². The summed E-state index contributed by atoms with van der Waals surface area (Å²) in [7, 11) is 0. The number of rotatable bonds is 1. The van der Waals surface area contributed by atoms with Gasteiger partial charge in [0.1, 0.15) is 0 Å². The molecule has 13 heavy (non-hydrogen) atoms. The molecule has 1 aliphatic carbocycles. The molecule has 0 N–H and O–H groups in total. The Hall–Kier alpha value is -0.310. The second kappa shape index (κ2) is 2.84. The number of likely N-dealkylation sites (tertiary alicyclic amines) is 1. The van der Waals surface area contributed by atoms with Crippen LogP contribution in [0.25, 0.3) is 0 Å². The Bertz CT molecular complexity index is 266. The lowest BCUT2D eigenvalue weighted by Gasteiger charge is -2.28. The predicted octanol–water partition coefficient (Wildman–Crippen LogP) is 1.80. The fourth-order valence-corrected chi connectivity index (χ4v) is 3.45. The number of piperidine rings is 1. The highest BCUT2D eigenvalue weighted by molar-refractivity contribution is 9.09. The third kappa shape index (κ3) is 1.25. The van der Waals surface area contributed by atoms with E-state index in [1.54, 1.807) is 0 Å². The van der Waals surface area contributed by atoms with Crippen molar-refractivity contribution in [1.29, 1.82) is 0 Å². The van der Waals surface area contributed by atoms with Crippen LogP contribution in [0, 0.1) is 11.3 Å². The van der Waals surface area contributed by atoms with Crippen LogP contribution in [-0.4, -0.2) is 28.7 Å². The number of alkyl halides is 1. The molecule has 0 aromatic carbocycles. The molecule has 72 valence electrons. The third-order valence-corrected chi connectivity index (χ3v) is 5.23. The van der Waals surface area contributed by atoms with E-state index in [4.69, 9.17) is 0 Å². The fraction of sp³-hybridized carbons (Fsp3) is 0.700. The van der Waals surface area contributed by atoms with Crippen LogP contribution in [0.5, 0.6) is 0 Å². The van der Waals surface area contributed by atoms with Gasteiger partial charge in [-0.05, 0) is 23.8 Å². The van der Waals surface area contributed by atoms with Gasteiger partial charge in [0.2, 0.25) is 5.91 Å². The van der Waals surface area contributed by atoms with Crippen LogP contribution < -0.4 is 0 Å². The molecule has 0 radical (unpaired) electrons. The van der Waals surface area contributed by atoms with Gasteiger partial charge in [0, 0.05) is 17.9 Å². The lowest BCUT2D eigenvalue weighted by molar-refractivity contribution is -0.127. The molecule has 3 atom stereocenters. The molecule has 0 spiro atoms. The van der Waals surface area contributed by atoms with Gasteiger partial charge in [-0.2, -0.15) is 0 Å². The van der Waals surface area contributed by atoms with E-state index >= 15 is 0 Å². The number of fused-ring (bicyclic) bond motifs is 1. The molecule has 0 aromatic heterocycles. The van der Waals surface area contributed by atoms with Gasteiger partial charge in [0.05, 0.1) is 0 Å². The molecule has 0 aromatic rings. The van der Waals surface area contributed by atoms with Crippen LogP contribution in [0.15, 0.2) is 12.7 Å². The first-order chi connectivity index (χ1) is 6.09. The zero-order chi connectivity index (χ0) is 9.64. The molecule has 1 aliphatic heterocycles. The molecule has 3 unspecified atom stereocenters. The largest absolute Gasteiger partial charge is 0.339 e. The van der Waals surface area contributed by atoms with Gasteiger partial charge >= 0.3 is 0 Å². The number of halogens is 1. The summed E-state index contributed by atoms with van der Waals surface area (Å²) in [5.74, 6) is 0.735. The zero-order valence-corrected chi connectivity index (χ0v) is 9.38. The van der Waals surface area contributed by atoms with Crippen molar-refractivity contribution in [1.82, 2.24) is 4.90 Å². The molecule has 2 rings (SSSR count). The maximum atomic E-state index is 11.3. The molecule has 0 bridgehead atoms. The molecule has 1 heterocycles. The van der Waals surface area contributed by atoms with Gasteiger partial charge in [-0.25, -0.2) is 0 Å². The maximum absolute atomic E-state index is 11.3. The Labute approximate surface area is 87.1 Å². The molecule has 2 fully saturated rings. The van der Waals surface area contributed by atoms with Gasteiger partial charge in [-0.15, -0.1) is 0 Å². The minimum Gasteiger partial charge on any atom is -0.339 e. The van der Waals surface area contributed by atoms with E-state index in [1.807, 2.05) is 4.90 Å². The van der Waals surface area contributed by atoms with Crippen molar-refractivity contribution in [2.75, 3.05) is 13.1 Å². The number of amides is 1. The molecule has 2 aliphatic rings. The first-order valence-corrected chi connectivity index (χ1v) is 5.56. The minimum atomic E-state index is 0.0775. The fourth-order valence-electron chi connectivity index (χ4n) is 2.26. The Balaban J connectivity index is 2.02. The first kappa shape index (κ1) is 9.25. The molecule has 2 nitrogen and oxygen atoms in total. The van der Waals surface area contributed by atoms with Crippen molar-refractivity contribution in [2.24, 2.45) is 11.3 Å². The summed E-state index contributed by atoms with van der Waals surface area (Å²) in [5.41, 5.74) is 0.456. The van der Waals surface area contributed by atoms with Crippen molar-refractivity contribution >= 4 is 21.8 Å². The summed E-state index contributed by atoms with van der Waals surface area (Å²) in [4.78, 5) is 13.9. The second-order valence-electron chi connectivity index (χ2n) is 4.25. The lowest BCUT2D eigenvalue weighted by Crippen LogP contribution is -2.37. The number of carbonyl (C=O) groups is 1. The molecular formula is C10H14BrNO. The van der Waals surface area contributed by atoms with Crippen LogP contribution >= 0.6 is 15.9 Å². The SMILES string of the molecule is C=CC(=O)N1CCC2(C)C(Br)C2C1. The average Bonchev–Trinajstić information content (AvgIpc) is 2.68. The van der Waals surface area contributed by atoms with E-state index in [2.05, 4.69) is 29.4 Å². The van der Waals surface area contributed by atoms with Gasteiger partial charge in [-0.3, -0.25) is 4.79 Å². The van der Waals surface area contributed by atoms with E-state index in [9.17, 15) is 4.79 Å². The van der Waals surface area contributed by atoms with Crippen LogP contribution in [0.1, 0.15) is 13.3 Å². The Morgan fingerprint density at radius 2 is 2.46 bits per heavy atom. The van der Waals surface area contributed by atoms with Crippen LogP contribution in [-0.2, 0) is 4.79 Å².